The maximum atomic E-state index is 15.1. The lowest BCUT2D eigenvalue weighted by molar-refractivity contribution is -0.314. The lowest BCUT2D eigenvalue weighted by atomic mass is 9.67. The molecule has 4 heterocycles. The van der Waals surface area contributed by atoms with Crippen molar-refractivity contribution in [1.29, 1.82) is 0 Å². The quantitative estimate of drug-likeness (QED) is 0.218. The van der Waals surface area contributed by atoms with Gasteiger partial charge in [0, 0.05) is 68.9 Å². The summed E-state index contributed by atoms with van der Waals surface area (Å²) in [5, 5.41) is 0.976. The molecule has 6 aliphatic rings. The number of cyclic esters (lactones) is 1. The number of Topliss-reactive ketones (excluding diaryl/α,β-unsaturated/α-hetero) is 1. The number of ketones is 1. The van der Waals surface area contributed by atoms with Gasteiger partial charge < -0.3 is 42.8 Å². The molecule has 1 aromatic heterocycles. The zero-order valence-corrected chi connectivity index (χ0v) is 39.3. The smallest absolute Gasteiger partial charge is 0.306 e. The molecule has 3 aliphatic heterocycles. The summed E-state index contributed by atoms with van der Waals surface area (Å²) < 4.78 is 50.4. The first kappa shape index (κ1) is 46.4. The number of hydrogen-bond donors (Lipinski definition) is 0. The minimum atomic E-state index is -0.651. The van der Waals surface area contributed by atoms with Crippen molar-refractivity contribution in [3.63, 3.8) is 0 Å². The molecule has 0 radical (unpaired) electrons. The fourth-order valence-corrected chi connectivity index (χ4v) is 13.1. The molecule has 8 rings (SSSR count). The minimum absolute atomic E-state index is 0.0106. The van der Waals surface area contributed by atoms with E-state index in [2.05, 4.69) is 13.0 Å². The third-order valence-electron chi connectivity index (χ3n) is 15.2. The Kier molecular flexibility index (Phi) is 14.6. The number of hydrogen-bond acceptors (Lipinski definition) is 13. The molecule has 0 spiro atoms. The highest BCUT2D eigenvalue weighted by Gasteiger charge is 2.57. The molecular weight excluding hydrogens is 825 g/mol. The number of nitrogens with zero attached hydrogens (tertiary/aromatic N) is 2. The average molecular weight is 893 g/mol. The Bertz CT molecular complexity index is 1960. The molecule has 2 aromatic rings. The van der Waals surface area contributed by atoms with Gasteiger partial charge in [0.2, 0.25) is 0 Å². The summed E-state index contributed by atoms with van der Waals surface area (Å²) in [5.41, 5.74) is 2.34. The number of methoxy groups -OCH3 is 3. The first-order valence-electron chi connectivity index (χ1n) is 23.3. The molecule has 17 atom stereocenters. The van der Waals surface area contributed by atoms with E-state index in [9.17, 15) is 9.59 Å². The van der Waals surface area contributed by atoms with E-state index < -0.39 is 30.7 Å². The van der Waals surface area contributed by atoms with Crippen LogP contribution in [-0.4, -0.2) is 123 Å². The van der Waals surface area contributed by atoms with Gasteiger partial charge in [-0.1, -0.05) is 38.1 Å². The second-order valence-corrected chi connectivity index (χ2v) is 20.0. The molecule has 1 saturated carbocycles. The summed E-state index contributed by atoms with van der Waals surface area (Å²) in [6.45, 7) is 10.0. The van der Waals surface area contributed by atoms with Gasteiger partial charge in [-0.25, -0.2) is 4.98 Å². The predicted octanol–water partition coefficient (Wildman–Crippen LogP) is 7.54. The number of fused-ring (bicyclic) bond motifs is 8. The van der Waals surface area contributed by atoms with Crippen LogP contribution in [0.3, 0.4) is 0 Å². The number of rotatable bonds is 10. The highest BCUT2D eigenvalue weighted by atomic mass is 32.1. The first-order chi connectivity index (χ1) is 30.3. The second kappa shape index (κ2) is 19.8. The Labute approximate surface area is 376 Å². The van der Waals surface area contributed by atoms with E-state index >= 15 is 4.79 Å². The standard InChI is InChI=1S/C49H68N2O11S/c1-10-30-17-14-18-38(62-40-20-19-37(26(3)58-40)51(6)48(54)29-15-12-11-13-16-29)25(2)43(53)35-23-33-32-21-31(61-49-46(57-9)45(56-8)44(55-7)27(4)59-49)22-36(32)47-42(50-28(5)63-47)41(33)34(35)24-39(52)60-30/h11-13,15-16,23,25-27,30-34,36-38,40-41,44-46,49H,10,14,17-22,24H2,1-9H3/t25-,26-,27+,30+,31+,32+,33+,34-,36-,37+,38+,40+,41-,44+,45-,46-,49+/m1/s1. The summed E-state index contributed by atoms with van der Waals surface area (Å²) in [6.07, 6.45) is 4.24. The van der Waals surface area contributed by atoms with Crippen molar-refractivity contribution >= 4 is 29.0 Å². The molecule has 0 bridgehead atoms. The third-order valence-corrected chi connectivity index (χ3v) is 16.3. The van der Waals surface area contributed by atoms with Crippen LogP contribution < -0.4 is 0 Å². The van der Waals surface area contributed by atoms with Gasteiger partial charge in [-0.05, 0) is 95.3 Å². The lowest BCUT2D eigenvalue weighted by Gasteiger charge is -2.44. The Balaban J connectivity index is 1.04. The number of carbonyl (C=O) groups is 3. The monoisotopic (exact) mass is 892 g/mol. The van der Waals surface area contributed by atoms with Crippen LogP contribution in [0.2, 0.25) is 0 Å². The molecule has 1 aromatic carbocycles. The number of allylic oxidation sites excluding steroid dienone is 2. The SMILES string of the molecule is CC[C@H]1CCC[C@H](O[C@H]2CC[C@H](N(C)C(=O)c3ccccc3)[C@@H](C)O2)[C@@H](C)C(=O)C2=C[C@H]3[C@@H]4C[C@H](O[C@@H]5O[C@@H](C)[C@H](OC)[C@@H](OC)[C@H]5OC)C[C@H]4c4sc(C)nc4[C@H]3[C@@H]2CC(=O)O1. The predicted molar refractivity (Wildman–Crippen MR) is 235 cm³/mol. The van der Waals surface area contributed by atoms with Crippen molar-refractivity contribution in [3.05, 3.63) is 63.1 Å². The summed E-state index contributed by atoms with van der Waals surface area (Å²) in [5.74, 6) is -0.966. The fourth-order valence-electron chi connectivity index (χ4n) is 12.0. The molecule has 13 nitrogen and oxygen atoms in total. The molecule has 346 valence electrons. The van der Waals surface area contributed by atoms with Gasteiger partial charge in [0.15, 0.2) is 18.4 Å². The molecule has 4 fully saturated rings. The highest BCUT2D eigenvalue weighted by molar-refractivity contribution is 7.11. The van der Waals surface area contributed by atoms with Crippen molar-refractivity contribution in [2.45, 2.75) is 172 Å². The molecule has 0 unspecified atom stereocenters. The molecule has 14 heteroatoms. The van der Waals surface area contributed by atoms with E-state index in [1.165, 1.54) is 4.88 Å². The van der Waals surface area contributed by atoms with Crippen LogP contribution in [0.15, 0.2) is 42.0 Å². The van der Waals surface area contributed by atoms with Crippen LogP contribution in [0, 0.1) is 30.6 Å². The van der Waals surface area contributed by atoms with Crippen molar-refractivity contribution in [2.24, 2.45) is 23.7 Å². The van der Waals surface area contributed by atoms with Crippen molar-refractivity contribution in [3.8, 4) is 0 Å². The molecule has 3 aliphatic carbocycles. The number of ether oxygens (including phenoxy) is 8. The third kappa shape index (κ3) is 9.22. The summed E-state index contributed by atoms with van der Waals surface area (Å²) in [7, 11) is 6.79. The zero-order valence-electron chi connectivity index (χ0n) is 38.4. The average Bonchev–Trinajstić information content (AvgIpc) is 3.99. The van der Waals surface area contributed by atoms with Crippen LogP contribution in [0.1, 0.15) is 123 Å². The van der Waals surface area contributed by atoms with Crippen molar-refractivity contribution in [2.75, 3.05) is 28.4 Å². The van der Waals surface area contributed by atoms with Gasteiger partial charge in [-0.15, -0.1) is 11.3 Å². The Morgan fingerprint density at radius 2 is 1.63 bits per heavy atom. The minimum Gasteiger partial charge on any atom is -0.462 e. The molecular formula is C49H68N2O11S. The van der Waals surface area contributed by atoms with Crippen LogP contribution >= 0.6 is 11.3 Å². The Morgan fingerprint density at radius 1 is 0.889 bits per heavy atom. The second-order valence-electron chi connectivity index (χ2n) is 18.8. The number of amides is 1. The number of aromatic nitrogens is 1. The van der Waals surface area contributed by atoms with Crippen LogP contribution in [0.4, 0.5) is 0 Å². The molecule has 3 saturated heterocycles. The maximum Gasteiger partial charge on any atom is 0.306 e. The topological polar surface area (TPSA) is 141 Å². The Hall–Kier alpha value is -3.08. The summed E-state index contributed by atoms with van der Waals surface area (Å²) in [6, 6.07) is 9.19. The van der Waals surface area contributed by atoms with E-state index in [0.29, 0.717) is 43.2 Å². The van der Waals surface area contributed by atoms with E-state index in [0.717, 1.165) is 30.0 Å². The molecule has 1 amide bonds. The van der Waals surface area contributed by atoms with Gasteiger partial charge in [0.1, 0.15) is 24.4 Å². The number of likely N-dealkylation sites (N-methyl/N-ethyl adjacent to an activating group) is 1. The van der Waals surface area contributed by atoms with Gasteiger partial charge in [-0.2, -0.15) is 0 Å². The number of benzene rings is 1. The van der Waals surface area contributed by atoms with E-state index in [-0.39, 0.29) is 96.3 Å². The largest absolute Gasteiger partial charge is 0.462 e. The van der Waals surface area contributed by atoms with Gasteiger partial charge in [0.05, 0.1) is 47.6 Å². The fraction of sp³-hybridized carbons (Fsp3) is 0.714. The van der Waals surface area contributed by atoms with Gasteiger partial charge in [0.25, 0.3) is 5.91 Å². The van der Waals surface area contributed by atoms with E-state index in [4.69, 9.17) is 42.9 Å². The molecule has 0 N–H and O–H groups in total. The summed E-state index contributed by atoms with van der Waals surface area (Å²) >= 11 is 1.73. The van der Waals surface area contributed by atoms with Crippen molar-refractivity contribution < 1.29 is 52.3 Å². The molecule has 63 heavy (non-hydrogen) atoms. The number of esters is 1. The van der Waals surface area contributed by atoms with Crippen LogP contribution in [0.5, 0.6) is 0 Å². The van der Waals surface area contributed by atoms with Crippen molar-refractivity contribution in [1.82, 2.24) is 9.88 Å². The normalized spacial score (nSPS) is 39.4. The van der Waals surface area contributed by atoms with E-state index in [1.807, 2.05) is 65.1 Å². The Morgan fingerprint density at radius 3 is 2.33 bits per heavy atom. The number of thiazole rings is 1. The number of aryl methyl sites for hydroxylation is 1. The van der Waals surface area contributed by atoms with Gasteiger partial charge >= 0.3 is 5.97 Å². The van der Waals surface area contributed by atoms with Gasteiger partial charge in [-0.3, -0.25) is 14.4 Å². The number of carbonyl (C=O) groups excluding carboxylic acids is 3. The lowest BCUT2D eigenvalue weighted by Crippen LogP contribution is -2.59. The van der Waals surface area contributed by atoms with Crippen LogP contribution in [-0.2, 0) is 47.5 Å². The zero-order chi connectivity index (χ0) is 44.7. The van der Waals surface area contributed by atoms with E-state index in [1.54, 1.807) is 37.6 Å². The summed E-state index contributed by atoms with van der Waals surface area (Å²) in [4.78, 5) is 50.6. The highest BCUT2D eigenvalue weighted by Crippen LogP contribution is 2.62. The van der Waals surface area contributed by atoms with Crippen LogP contribution in [0.25, 0.3) is 0 Å². The maximum absolute atomic E-state index is 15.1. The first-order valence-corrected chi connectivity index (χ1v) is 24.1.